The van der Waals surface area contributed by atoms with Crippen LogP contribution in [0.2, 0.25) is 0 Å². The molecule has 5 nitrogen and oxygen atoms in total. The van der Waals surface area contributed by atoms with Crippen LogP contribution in [0, 0.1) is 12.3 Å². The summed E-state index contributed by atoms with van der Waals surface area (Å²) in [5, 5.41) is 9.25. The number of piperidine rings is 1. The summed E-state index contributed by atoms with van der Waals surface area (Å²) in [5.74, 6) is 0. The summed E-state index contributed by atoms with van der Waals surface area (Å²) in [4.78, 5) is 12.7. The molecule has 1 heterocycles. The number of benzene rings is 1. The summed E-state index contributed by atoms with van der Waals surface area (Å²) in [6, 6.07) is 6.19. The van der Waals surface area contributed by atoms with E-state index in [4.69, 9.17) is 4.40 Å². The molecule has 1 N–H and O–H groups in total. The molecule has 1 saturated heterocycles. The van der Waals surface area contributed by atoms with Crippen molar-refractivity contribution in [1.29, 1.82) is 0 Å². The van der Waals surface area contributed by atoms with Gasteiger partial charge in [0.15, 0.2) is 0 Å². The van der Waals surface area contributed by atoms with Crippen LogP contribution in [0.4, 0.5) is 4.79 Å². The fourth-order valence-electron chi connectivity index (χ4n) is 3.77. The molecule has 136 valence electrons. The molecular formula is C19H26N2O3S. The van der Waals surface area contributed by atoms with Crippen LogP contribution in [-0.2, 0) is 17.8 Å². The number of aryl methyl sites for hydroxylation is 1. The second-order valence-electron chi connectivity index (χ2n) is 8.13. The van der Waals surface area contributed by atoms with E-state index in [0.29, 0.717) is 13.1 Å². The van der Waals surface area contributed by atoms with E-state index < -0.39 is 22.2 Å². The summed E-state index contributed by atoms with van der Waals surface area (Å²) in [6.07, 6.45) is 1.46. The number of hydrogen-bond acceptors (Lipinski definition) is 3. The van der Waals surface area contributed by atoms with E-state index in [1.54, 1.807) is 0 Å². The first-order valence-electron chi connectivity index (χ1n) is 8.72. The minimum absolute atomic E-state index is 0.193. The maximum Gasteiger partial charge on any atom is 0.407 e. The topological polar surface area (TPSA) is 76.0 Å². The van der Waals surface area contributed by atoms with Crippen molar-refractivity contribution in [1.82, 2.24) is 4.90 Å². The first kappa shape index (κ1) is 18.3. The zero-order valence-electron chi connectivity index (χ0n) is 15.3. The van der Waals surface area contributed by atoms with Crippen molar-refractivity contribution in [3.05, 3.63) is 34.9 Å². The van der Waals surface area contributed by atoms with Crippen LogP contribution in [0.15, 0.2) is 22.6 Å². The standard InChI is InChI=1S/C19H26N2O3S/c1-13-6-5-7-14-15(13)12-19(8-10-21(11-9-19)17(22)23)16(14)20-25(24)18(2,3)4/h5-7H,8-12H2,1-4H3,(H,22,23)/b20-16+. The number of carbonyl (C=O) groups is 1. The maximum absolute atomic E-state index is 12.7. The van der Waals surface area contributed by atoms with Crippen molar-refractivity contribution in [3.63, 3.8) is 0 Å². The molecule has 3 rings (SSSR count). The number of carboxylic acid groups (broad SMARTS) is 1. The molecule has 1 aromatic carbocycles. The molecule has 0 aromatic heterocycles. The van der Waals surface area contributed by atoms with Gasteiger partial charge < -0.3 is 14.6 Å². The Kier molecular flexibility index (Phi) is 4.62. The van der Waals surface area contributed by atoms with Crippen LogP contribution >= 0.6 is 0 Å². The molecule has 1 aliphatic heterocycles. The van der Waals surface area contributed by atoms with Crippen molar-refractivity contribution in [2.24, 2.45) is 9.81 Å². The van der Waals surface area contributed by atoms with Crippen LogP contribution in [0.1, 0.15) is 50.3 Å². The lowest BCUT2D eigenvalue weighted by Crippen LogP contribution is -2.45. The van der Waals surface area contributed by atoms with Gasteiger partial charge in [0.2, 0.25) is 0 Å². The second-order valence-corrected chi connectivity index (χ2v) is 10.0. The van der Waals surface area contributed by atoms with Crippen molar-refractivity contribution < 1.29 is 14.5 Å². The highest BCUT2D eigenvalue weighted by atomic mass is 32.2. The molecule has 0 bridgehead atoms. The molecule has 2 aliphatic rings. The highest BCUT2D eigenvalue weighted by molar-refractivity contribution is 7.91. The van der Waals surface area contributed by atoms with Gasteiger partial charge in [-0.3, -0.25) is 0 Å². The lowest BCUT2D eigenvalue weighted by atomic mass is 9.74. The van der Waals surface area contributed by atoms with Crippen molar-refractivity contribution in [2.75, 3.05) is 13.1 Å². The summed E-state index contributed by atoms with van der Waals surface area (Å²) in [6.45, 7) is 8.90. The van der Waals surface area contributed by atoms with Crippen molar-refractivity contribution >= 4 is 23.2 Å². The molecule has 1 unspecified atom stereocenters. The third-order valence-corrected chi connectivity index (χ3v) is 6.77. The Labute approximate surface area is 152 Å². The second kappa shape index (κ2) is 6.32. The molecule has 1 spiro atoms. The average Bonchev–Trinajstić information content (AvgIpc) is 2.82. The third-order valence-electron chi connectivity index (χ3n) is 5.37. The molecule has 6 heteroatoms. The summed E-state index contributed by atoms with van der Waals surface area (Å²) in [7, 11) is 0. The van der Waals surface area contributed by atoms with E-state index in [0.717, 1.165) is 30.5 Å². The van der Waals surface area contributed by atoms with E-state index in [2.05, 4.69) is 19.1 Å². The predicted octanol–water partition coefficient (Wildman–Crippen LogP) is 3.56. The van der Waals surface area contributed by atoms with E-state index in [-0.39, 0.29) is 5.41 Å². The summed E-state index contributed by atoms with van der Waals surface area (Å²) < 4.78 is 17.0. The van der Waals surface area contributed by atoms with Gasteiger partial charge in [0.1, 0.15) is 21.8 Å². The Balaban J connectivity index is 2.02. The Hall–Kier alpha value is -1.53. The largest absolute Gasteiger partial charge is 0.591 e. The Morgan fingerprint density at radius 1 is 1.32 bits per heavy atom. The minimum atomic E-state index is -1.33. The Morgan fingerprint density at radius 3 is 2.52 bits per heavy atom. The molecule has 1 fully saturated rings. The fraction of sp³-hybridized carbons (Fsp3) is 0.579. The van der Waals surface area contributed by atoms with Crippen LogP contribution in [0.3, 0.4) is 0 Å². The molecule has 0 saturated carbocycles. The van der Waals surface area contributed by atoms with E-state index in [1.807, 2.05) is 26.8 Å². The predicted molar refractivity (Wildman–Crippen MR) is 101 cm³/mol. The van der Waals surface area contributed by atoms with E-state index in [1.165, 1.54) is 16.0 Å². The highest BCUT2D eigenvalue weighted by Crippen LogP contribution is 2.46. The quantitative estimate of drug-likeness (QED) is 0.776. The number of nitrogens with zero attached hydrogens (tertiary/aromatic N) is 2. The van der Waals surface area contributed by atoms with Crippen LogP contribution in [-0.4, -0.2) is 44.2 Å². The van der Waals surface area contributed by atoms with Crippen molar-refractivity contribution in [3.8, 4) is 0 Å². The lowest BCUT2D eigenvalue weighted by Gasteiger charge is -2.38. The van der Waals surface area contributed by atoms with Gasteiger partial charge in [-0.25, -0.2) is 4.79 Å². The lowest BCUT2D eigenvalue weighted by molar-refractivity contribution is 0.115. The molecule has 1 aromatic rings. The third kappa shape index (κ3) is 3.29. The first-order chi connectivity index (χ1) is 11.6. The van der Waals surface area contributed by atoms with Crippen LogP contribution < -0.4 is 0 Å². The molecule has 25 heavy (non-hydrogen) atoms. The average molecular weight is 362 g/mol. The summed E-state index contributed by atoms with van der Waals surface area (Å²) >= 11 is -1.33. The van der Waals surface area contributed by atoms with E-state index in [9.17, 15) is 14.5 Å². The van der Waals surface area contributed by atoms with E-state index >= 15 is 0 Å². The van der Waals surface area contributed by atoms with Gasteiger partial charge in [0.25, 0.3) is 0 Å². The summed E-state index contributed by atoms with van der Waals surface area (Å²) in [5.41, 5.74) is 4.33. The van der Waals surface area contributed by atoms with Crippen molar-refractivity contribution in [2.45, 2.75) is 51.7 Å². The van der Waals surface area contributed by atoms with Gasteiger partial charge in [-0.05, 0) is 58.1 Å². The van der Waals surface area contributed by atoms with Gasteiger partial charge in [-0.1, -0.05) is 22.6 Å². The maximum atomic E-state index is 12.7. The van der Waals surface area contributed by atoms with Crippen LogP contribution in [0.25, 0.3) is 0 Å². The highest BCUT2D eigenvalue weighted by Gasteiger charge is 2.48. The molecule has 1 atom stereocenters. The number of likely N-dealkylation sites (tertiary alicyclic amines) is 1. The molecular weight excluding hydrogens is 336 g/mol. The molecule has 0 radical (unpaired) electrons. The van der Waals surface area contributed by atoms with Gasteiger partial charge in [-0.15, -0.1) is 0 Å². The number of rotatable bonds is 1. The zero-order chi connectivity index (χ0) is 18.4. The Morgan fingerprint density at radius 2 is 1.96 bits per heavy atom. The normalized spacial score (nSPS) is 22.3. The van der Waals surface area contributed by atoms with Gasteiger partial charge in [-0.2, -0.15) is 0 Å². The Bertz CT molecular complexity index is 716. The number of fused-ring (bicyclic) bond motifs is 1. The minimum Gasteiger partial charge on any atom is -0.591 e. The monoisotopic (exact) mass is 362 g/mol. The molecule has 1 aliphatic carbocycles. The molecule has 1 amide bonds. The van der Waals surface area contributed by atoms with Gasteiger partial charge >= 0.3 is 6.09 Å². The smallest absolute Gasteiger partial charge is 0.407 e. The zero-order valence-corrected chi connectivity index (χ0v) is 16.2. The first-order valence-corrected chi connectivity index (χ1v) is 9.83. The van der Waals surface area contributed by atoms with Gasteiger partial charge in [0.05, 0.1) is 0 Å². The fourth-order valence-corrected chi connectivity index (χ4v) is 4.50. The van der Waals surface area contributed by atoms with Crippen LogP contribution in [0.5, 0.6) is 0 Å². The number of amides is 1. The van der Waals surface area contributed by atoms with Gasteiger partial charge in [0, 0.05) is 24.1 Å². The number of hydrogen-bond donors (Lipinski definition) is 1. The SMILES string of the molecule is Cc1cccc2c1CC1(CCN(C(=O)O)CC1)/C2=N/[S+]([O-])C(C)(C)C.